The van der Waals surface area contributed by atoms with Crippen LogP contribution in [0.5, 0.6) is 11.5 Å². The second-order valence-corrected chi connectivity index (χ2v) is 6.39. The van der Waals surface area contributed by atoms with Gasteiger partial charge < -0.3 is 19.5 Å². The zero-order valence-electron chi connectivity index (χ0n) is 14.8. The number of β-amino-alcohol motifs (C(OH)–C–C–N with tert-alkyl or cyclic N) is 1. The number of aliphatic hydroxyl groups excluding tert-OH is 1. The van der Waals surface area contributed by atoms with E-state index < -0.39 is 6.10 Å². The predicted octanol–water partition coefficient (Wildman–Crippen LogP) is 2.36. The number of hydrogen-bond acceptors (Lipinski definition) is 5. The highest BCUT2D eigenvalue weighted by Gasteiger charge is 2.22. The fourth-order valence-electron chi connectivity index (χ4n) is 3.21. The van der Waals surface area contributed by atoms with Gasteiger partial charge in [0.1, 0.15) is 24.2 Å². The lowest BCUT2D eigenvalue weighted by Gasteiger charge is -2.33. The van der Waals surface area contributed by atoms with Crippen molar-refractivity contribution in [1.82, 2.24) is 14.7 Å². The first-order chi connectivity index (χ1) is 12.2. The van der Waals surface area contributed by atoms with Crippen LogP contribution in [0.1, 0.15) is 25.8 Å². The molecule has 6 heteroatoms. The Kier molecular flexibility index (Phi) is 6.30. The van der Waals surface area contributed by atoms with Crippen molar-refractivity contribution in [2.24, 2.45) is 0 Å². The molecule has 0 spiro atoms. The van der Waals surface area contributed by atoms with Gasteiger partial charge in [0.25, 0.3) is 0 Å². The summed E-state index contributed by atoms with van der Waals surface area (Å²) in [6.07, 6.45) is 5.49. The van der Waals surface area contributed by atoms with E-state index >= 15 is 0 Å². The van der Waals surface area contributed by atoms with Gasteiger partial charge in [-0.25, -0.2) is 0 Å². The molecule has 1 atom stereocenters. The average molecular weight is 345 g/mol. The van der Waals surface area contributed by atoms with Gasteiger partial charge in [0.05, 0.1) is 12.6 Å². The van der Waals surface area contributed by atoms with Crippen molar-refractivity contribution in [1.29, 1.82) is 0 Å². The smallest absolute Gasteiger partial charge is 0.119 e. The van der Waals surface area contributed by atoms with E-state index in [2.05, 4.69) is 10.00 Å². The largest absolute Gasteiger partial charge is 0.494 e. The molecule has 0 radical (unpaired) electrons. The Labute approximate surface area is 149 Å². The van der Waals surface area contributed by atoms with E-state index in [-0.39, 0.29) is 0 Å². The molecule has 1 aliphatic rings. The zero-order chi connectivity index (χ0) is 17.5. The summed E-state index contributed by atoms with van der Waals surface area (Å²) in [5.74, 6) is 1.58. The number of ether oxygens (including phenoxy) is 2. The number of aliphatic hydroxyl groups is 1. The quantitative estimate of drug-likeness (QED) is 0.796. The molecule has 0 saturated carbocycles. The molecule has 25 heavy (non-hydrogen) atoms. The molecule has 6 nitrogen and oxygen atoms in total. The molecule has 2 heterocycles. The lowest BCUT2D eigenvalue weighted by molar-refractivity contribution is 0.0550. The zero-order valence-corrected chi connectivity index (χ0v) is 14.8. The first-order valence-electron chi connectivity index (χ1n) is 9.00. The highest BCUT2D eigenvalue weighted by molar-refractivity contribution is 5.31. The van der Waals surface area contributed by atoms with E-state index in [9.17, 15) is 5.11 Å². The van der Waals surface area contributed by atoms with E-state index in [1.807, 2.05) is 54.3 Å². The topological polar surface area (TPSA) is 59.8 Å². The highest BCUT2D eigenvalue weighted by Crippen LogP contribution is 2.22. The number of likely N-dealkylation sites (tertiary alicyclic amines) is 1. The summed E-state index contributed by atoms with van der Waals surface area (Å²) < 4.78 is 13.1. The van der Waals surface area contributed by atoms with Crippen LogP contribution in [0.2, 0.25) is 0 Å². The maximum absolute atomic E-state index is 10.2. The molecule has 0 amide bonds. The summed E-state index contributed by atoms with van der Waals surface area (Å²) in [5.41, 5.74) is 0. The number of hydrogen-bond donors (Lipinski definition) is 1. The molecule has 1 aromatic carbocycles. The second-order valence-electron chi connectivity index (χ2n) is 6.39. The molecule has 3 rings (SSSR count). The second kappa shape index (κ2) is 8.87. The first kappa shape index (κ1) is 17.8. The van der Waals surface area contributed by atoms with E-state index in [1.165, 1.54) is 0 Å². The molecule has 0 bridgehead atoms. The Morgan fingerprint density at radius 1 is 1.16 bits per heavy atom. The molecule has 1 fully saturated rings. The van der Waals surface area contributed by atoms with E-state index in [0.717, 1.165) is 37.4 Å². The Balaban J connectivity index is 1.37. The Morgan fingerprint density at radius 3 is 2.44 bits per heavy atom. The van der Waals surface area contributed by atoms with Gasteiger partial charge in [0.2, 0.25) is 0 Å². The summed E-state index contributed by atoms with van der Waals surface area (Å²) in [6.45, 7) is 5.50. The van der Waals surface area contributed by atoms with Crippen LogP contribution >= 0.6 is 0 Å². The molecule has 1 aliphatic heterocycles. The number of aromatic nitrogens is 2. The minimum atomic E-state index is -0.493. The first-order valence-corrected chi connectivity index (χ1v) is 9.00. The SMILES string of the molecule is CCOc1ccc(OCC(O)CN2CCC(n3cccn3)CC2)cc1. The third kappa shape index (κ3) is 5.21. The normalized spacial score (nSPS) is 17.4. The summed E-state index contributed by atoms with van der Waals surface area (Å²) in [7, 11) is 0. The van der Waals surface area contributed by atoms with Crippen LogP contribution in [0.4, 0.5) is 0 Å². The Bertz CT molecular complexity index is 607. The molecule has 1 N–H and O–H groups in total. The molecule has 1 saturated heterocycles. The number of benzene rings is 1. The van der Waals surface area contributed by atoms with Gasteiger partial charge >= 0.3 is 0 Å². The third-order valence-corrected chi connectivity index (χ3v) is 4.50. The summed E-state index contributed by atoms with van der Waals surface area (Å²) in [4.78, 5) is 2.30. The van der Waals surface area contributed by atoms with E-state index in [4.69, 9.17) is 9.47 Å². The minimum absolute atomic E-state index is 0.299. The predicted molar refractivity (Wildman–Crippen MR) is 96.1 cm³/mol. The van der Waals surface area contributed by atoms with Gasteiger partial charge in [-0.1, -0.05) is 0 Å². The summed E-state index contributed by atoms with van der Waals surface area (Å²) in [6, 6.07) is 9.94. The molecule has 1 unspecified atom stereocenters. The van der Waals surface area contributed by atoms with Crippen LogP contribution < -0.4 is 9.47 Å². The van der Waals surface area contributed by atoms with Crippen molar-refractivity contribution in [3.05, 3.63) is 42.7 Å². The van der Waals surface area contributed by atoms with Crippen LogP contribution in [-0.4, -0.2) is 58.7 Å². The number of nitrogens with zero attached hydrogens (tertiary/aromatic N) is 3. The molecular formula is C19H27N3O3. The van der Waals surface area contributed by atoms with Gasteiger partial charge in [-0.3, -0.25) is 4.68 Å². The van der Waals surface area contributed by atoms with Crippen molar-refractivity contribution in [3.63, 3.8) is 0 Å². The van der Waals surface area contributed by atoms with Gasteiger partial charge in [-0.2, -0.15) is 5.10 Å². The average Bonchev–Trinajstić information content (AvgIpc) is 3.17. The Morgan fingerprint density at radius 2 is 1.84 bits per heavy atom. The minimum Gasteiger partial charge on any atom is -0.494 e. The van der Waals surface area contributed by atoms with Gasteiger partial charge in [-0.15, -0.1) is 0 Å². The monoisotopic (exact) mass is 345 g/mol. The van der Waals surface area contributed by atoms with Gasteiger partial charge in [-0.05, 0) is 50.1 Å². The number of piperidine rings is 1. The van der Waals surface area contributed by atoms with E-state index in [1.54, 1.807) is 0 Å². The third-order valence-electron chi connectivity index (χ3n) is 4.50. The summed E-state index contributed by atoms with van der Waals surface area (Å²) >= 11 is 0. The van der Waals surface area contributed by atoms with Gasteiger partial charge in [0, 0.05) is 32.0 Å². The Hall–Kier alpha value is -2.05. The standard InChI is InChI=1S/C19H27N3O3/c1-2-24-18-4-6-19(7-5-18)25-15-17(23)14-21-12-8-16(9-13-21)22-11-3-10-20-22/h3-7,10-11,16-17,23H,2,8-9,12-15H2,1H3. The molecular weight excluding hydrogens is 318 g/mol. The molecule has 2 aromatic rings. The van der Waals surface area contributed by atoms with Crippen molar-refractivity contribution in [2.75, 3.05) is 32.8 Å². The van der Waals surface area contributed by atoms with Crippen molar-refractivity contribution < 1.29 is 14.6 Å². The maximum atomic E-state index is 10.2. The number of rotatable bonds is 8. The van der Waals surface area contributed by atoms with E-state index in [0.29, 0.717) is 25.8 Å². The fourth-order valence-corrected chi connectivity index (χ4v) is 3.21. The van der Waals surface area contributed by atoms with Crippen LogP contribution in [0.3, 0.4) is 0 Å². The van der Waals surface area contributed by atoms with Crippen LogP contribution in [0.25, 0.3) is 0 Å². The lowest BCUT2D eigenvalue weighted by atomic mass is 10.1. The fraction of sp³-hybridized carbons (Fsp3) is 0.526. The van der Waals surface area contributed by atoms with Crippen molar-refractivity contribution in [3.8, 4) is 11.5 Å². The van der Waals surface area contributed by atoms with Crippen molar-refractivity contribution >= 4 is 0 Å². The van der Waals surface area contributed by atoms with Crippen LogP contribution in [0, 0.1) is 0 Å². The molecule has 1 aromatic heterocycles. The lowest BCUT2D eigenvalue weighted by Crippen LogP contribution is -2.41. The maximum Gasteiger partial charge on any atom is 0.119 e. The van der Waals surface area contributed by atoms with Crippen molar-refractivity contribution in [2.45, 2.75) is 31.9 Å². The highest BCUT2D eigenvalue weighted by atomic mass is 16.5. The van der Waals surface area contributed by atoms with Crippen LogP contribution in [0.15, 0.2) is 42.7 Å². The molecule has 136 valence electrons. The molecule has 0 aliphatic carbocycles. The summed E-state index contributed by atoms with van der Waals surface area (Å²) in [5, 5.41) is 14.6. The van der Waals surface area contributed by atoms with Gasteiger partial charge in [0.15, 0.2) is 0 Å². The van der Waals surface area contributed by atoms with Crippen LogP contribution in [-0.2, 0) is 0 Å².